The minimum absolute atomic E-state index is 1.27. The van der Waals surface area contributed by atoms with Crippen LogP contribution in [0.15, 0.2) is 49.1 Å². The molecular formula is C21H26. The van der Waals surface area contributed by atoms with Gasteiger partial charge in [-0.3, -0.25) is 0 Å². The Morgan fingerprint density at radius 1 is 0.810 bits per heavy atom. The number of hydrogen-bond donors (Lipinski definition) is 0. The van der Waals surface area contributed by atoms with Crippen molar-refractivity contribution in [2.45, 2.75) is 34.6 Å². The molecule has 0 saturated heterocycles. The van der Waals surface area contributed by atoms with E-state index in [1.807, 2.05) is 19.1 Å². The summed E-state index contributed by atoms with van der Waals surface area (Å²) in [6, 6.07) is 12.9. The smallest absolute Gasteiger partial charge is 0.0204 e. The molecular weight excluding hydrogens is 252 g/mol. The fourth-order valence-corrected chi connectivity index (χ4v) is 2.38. The SMILES string of the molecule is C=Cc1c(C)cc(C)cc1C.CC=Cc1ccc(C)cc1. The Morgan fingerprint density at radius 3 is 1.76 bits per heavy atom. The Bertz CT molecular complexity index is 590. The van der Waals surface area contributed by atoms with Gasteiger partial charge in [0, 0.05) is 0 Å². The van der Waals surface area contributed by atoms with E-state index >= 15 is 0 Å². The lowest BCUT2D eigenvalue weighted by molar-refractivity contribution is 1.30. The fourth-order valence-electron chi connectivity index (χ4n) is 2.38. The molecule has 0 unspecified atom stereocenters. The first kappa shape index (κ1) is 17.0. The molecule has 0 aromatic heterocycles. The van der Waals surface area contributed by atoms with Gasteiger partial charge >= 0.3 is 0 Å². The summed E-state index contributed by atoms with van der Waals surface area (Å²) in [6.07, 6.45) is 6.06. The molecule has 0 bridgehead atoms. The van der Waals surface area contributed by atoms with E-state index in [2.05, 4.69) is 76.7 Å². The van der Waals surface area contributed by atoms with Crippen molar-refractivity contribution < 1.29 is 0 Å². The predicted octanol–water partition coefficient (Wildman–Crippen LogP) is 6.28. The first-order valence-corrected chi connectivity index (χ1v) is 7.37. The molecule has 2 rings (SSSR count). The van der Waals surface area contributed by atoms with E-state index in [-0.39, 0.29) is 0 Å². The summed E-state index contributed by atoms with van der Waals surface area (Å²) in [5.41, 5.74) is 7.82. The lowest BCUT2D eigenvalue weighted by atomic mass is 10.0. The van der Waals surface area contributed by atoms with E-state index in [1.54, 1.807) is 0 Å². The van der Waals surface area contributed by atoms with Gasteiger partial charge in [-0.25, -0.2) is 0 Å². The van der Waals surface area contributed by atoms with Crippen molar-refractivity contribution in [3.63, 3.8) is 0 Å². The minimum atomic E-state index is 1.27. The average Bonchev–Trinajstić information content (AvgIpc) is 2.42. The van der Waals surface area contributed by atoms with Crippen LogP contribution in [0.1, 0.15) is 40.3 Å². The molecule has 0 saturated carbocycles. The van der Waals surface area contributed by atoms with Crippen molar-refractivity contribution >= 4 is 12.2 Å². The second-order valence-electron chi connectivity index (χ2n) is 5.43. The Hall–Kier alpha value is -2.08. The maximum Gasteiger partial charge on any atom is -0.0204 e. The fraction of sp³-hybridized carbons (Fsp3) is 0.238. The zero-order valence-electron chi connectivity index (χ0n) is 13.9. The van der Waals surface area contributed by atoms with E-state index in [9.17, 15) is 0 Å². The second kappa shape index (κ2) is 8.26. The molecule has 0 spiro atoms. The summed E-state index contributed by atoms with van der Waals surface area (Å²) in [4.78, 5) is 0. The minimum Gasteiger partial charge on any atom is -0.0985 e. The monoisotopic (exact) mass is 278 g/mol. The Labute approximate surface area is 129 Å². The first-order valence-electron chi connectivity index (χ1n) is 7.37. The molecule has 2 aromatic rings. The van der Waals surface area contributed by atoms with Crippen molar-refractivity contribution in [3.05, 3.63) is 82.4 Å². The van der Waals surface area contributed by atoms with E-state index in [1.165, 1.54) is 33.4 Å². The standard InChI is InChI=1S/C11H14.C10H12/c1-5-11-9(3)6-8(2)7-10(11)4;1-3-4-10-7-5-9(2)6-8-10/h5-7H,1H2,2-4H3;3-8H,1-2H3. The van der Waals surface area contributed by atoms with Crippen LogP contribution in [0.4, 0.5) is 0 Å². The van der Waals surface area contributed by atoms with Crippen LogP contribution in [0.5, 0.6) is 0 Å². The molecule has 0 heteroatoms. The second-order valence-corrected chi connectivity index (χ2v) is 5.43. The van der Waals surface area contributed by atoms with Gasteiger partial charge in [-0.15, -0.1) is 0 Å². The zero-order chi connectivity index (χ0) is 15.8. The van der Waals surface area contributed by atoms with Gasteiger partial charge in [0.2, 0.25) is 0 Å². The summed E-state index contributed by atoms with van der Waals surface area (Å²) < 4.78 is 0. The molecule has 2 aromatic carbocycles. The van der Waals surface area contributed by atoms with Crippen LogP contribution >= 0.6 is 0 Å². The maximum absolute atomic E-state index is 3.78. The number of aryl methyl sites for hydroxylation is 4. The molecule has 0 fully saturated rings. The van der Waals surface area contributed by atoms with Gasteiger partial charge in [-0.2, -0.15) is 0 Å². The molecule has 0 aliphatic rings. The van der Waals surface area contributed by atoms with Crippen LogP contribution < -0.4 is 0 Å². The average molecular weight is 278 g/mol. The Morgan fingerprint density at radius 2 is 1.33 bits per heavy atom. The van der Waals surface area contributed by atoms with Crippen LogP contribution in [-0.4, -0.2) is 0 Å². The third-order valence-corrected chi connectivity index (χ3v) is 3.38. The van der Waals surface area contributed by atoms with E-state index < -0.39 is 0 Å². The molecule has 0 aliphatic heterocycles. The van der Waals surface area contributed by atoms with E-state index in [0.29, 0.717) is 0 Å². The molecule has 0 amide bonds. The van der Waals surface area contributed by atoms with Crippen LogP contribution in [0.2, 0.25) is 0 Å². The normalized spacial score (nSPS) is 10.1. The van der Waals surface area contributed by atoms with Crippen molar-refractivity contribution in [2.24, 2.45) is 0 Å². The summed E-state index contributed by atoms with van der Waals surface area (Å²) in [5, 5.41) is 0. The quantitative estimate of drug-likeness (QED) is 0.606. The van der Waals surface area contributed by atoms with Crippen molar-refractivity contribution in [2.75, 3.05) is 0 Å². The van der Waals surface area contributed by atoms with Crippen LogP contribution in [0, 0.1) is 27.7 Å². The first-order chi connectivity index (χ1) is 9.97. The van der Waals surface area contributed by atoms with Gasteiger partial charge in [0.15, 0.2) is 0 Å². The van der Waals surface area contributed by atoms with Gasteiger partial charge in [0.25, 0.3) is 0 Å². The molecule has 110 valence electrons. The summed E-state index contributed by atoms with van der Waals surface area (Å²) in [6.45, 7) is 14.3. The highest BCUT2D eigenvalue weighted by Crippen LogP contribution is 2.16. The molecule has 21 heavy (non-hydrogen) atoms. The zero-order valence-corrected chi connectivity index (χ0v) is 13.9. The lowest BCUT2D eigenvalue weighted by Gasteiger charge is -2.05. The maximum atomic E-state index is 3.78. The van der Waals surface area contributed by atoms with Crippen LogP contribution in [-0.2, 0) is 0 Å². The van der Waals surface area contributed by atoms with Crippen molar-refractivity contribution in [1.29, 1.82) is 0 Å². The molecule has 0 atom stereocenters. The number of benzene rings is 2. The Balaban J connectivity index is 0.000000211. The van der Waals surface area contributed by atoms with Crippen molar-refractivity contribution in [3.8, 4) is 0 Å². The highest BCUT2D eigenvalue weighted by atomic mass is 14.0. The number of rotatable bonds is 2. The topological polar surface area (TPSA) is 0 Å². The Kier molecular flexibility index (Phi) is 6.68. The molecule has 0 radical (unpaired) electrons. The predicted molar refractivity (Wildman–Crippen MR) is 96.6 cm³/mol. The van der Waals surface area contributed by atoms with E-state index in [0.717, 1.165) is 0 Å². The van der Waals surface area contributed by atoms with Gasteiger partial charge < -0.3 is 0 Å². The molecule has 0 aliphatic carbocycles. The van der Waals surface area contributed by atoms with Crippen LogP contribution in [0.25, 0.3) is 12.2 Å². The van der Waals surface area contributed by atoms with Crippen LogP contribution in [0.3, 0.4) is 0 Å². The van der Waals surface area contributed by atoms with Gasteiger partial charge in [-0.05, 0) is 56.9 Å². The largest absolute Gasteiger partial charge is 0.0985 e. The third kappa shape index (κ3) is 5.43. The molecule has 0 nitrogen and oxygen atoms in total. The lowest BCUT2D eigenvalue weighted by Crippen LogP contribution is -1.87. The summed E-state index contributed by atoms with van der Waals surface area (Å²) in [5.74, 6) is 0. The molecule has 0 heterocycles. The van der Waals surface area contributed by atoms with Gasteiger partial charge in [0.05, 0.1) is 0 Å². The summed E-state index contributed by atoms with van der Waals surface area (Å²) in [7, 11) is 0. The molecule has 0 N–H and O–H groups in total. The summed E-state index contributed by atoms with van der Waals surface area (Å²) >= 11 is 0. The van der Waals surface area contributed by atoms with E-state index in [4.69, 9.17) is 0 Å². The highest BCUT2D eigenvalue weighted by Gasteiger charge is 1.98. The van der Waals surface area contributed by atoms with Gasteiger partial charge in [-0.1, -0.05) is 72.3 Å². The third-order valence-electron chi connectivity index (χ3n) is 3.38. The van der Waals surface area contributed by atoms with Gasteiger partial charge in [0.1, 0.15) is 0 Å². The highest BCUT2D eigenvalue weighted by molar-refractivity contribution is 5.56. The van der Waals surface area contributed by atoms with Crippen molar-refractivity contribution in [1.82, 2.24) is 0 Å². The number of hydrogen-bond acceptors (Lipinski definition) is 0. The number of allylic oxidation sites excluding steroid dienone is 1.